The van der Waals surface area contributed by atoms with Crippen molar-refractivity contribution in [2.75, 3.05) is 38.2 Å². The van der Waals surface area contributed by atoms with E-state index in [1.165, 1.54) is 0 Å². The minimum absolute atomic E-state index is 0.252. The number of hydrogen-bond donors (Lipinski definition) is 1. The maximum atomic E-state index is 13.6. The average Bonchev–Trinajstić information content (AvgIpc) is 3.12. The smallest absolute Gasteiger partial charge is 0.208 e. The number of fused-ring (bicyclic) bond motifs is 1. The van der Waals surface area contributed by atoms with Gasteiger partial charge in [-0.25, -0.2) is 8.42 Å². The second-order valence-corrected chi connectivity index (χ2v) is 9.37. The molecule has 29 heavy (non-hydrogen) atoms. The first-order valence-electron chi connectivity index (χ1n) is 9.63. The van der Waals surface area contributed by atoms with Gasteiger partial charge in [-0.15, -0.1) is 0 Å². The molecular weight excluding hydrogens is 410 g/mol. The van der Waals surface area contributed by atoms with Crippen LogP contribution in [0.1, 0.15) is 6.92 Å². The number of rotatable bonds is 5. The van der Waals surface area contributed by atoms with Crippen LogP contribution in [0.5, 0.6) is 5.75 Å². The number of sulfone groups is 1. The lowest BCUT2D eigenvalue weighted by Crippen LogP contribution is -2.43. The van der Waals surface area contributed by atoms with Gasteiger partial charge in [0.25, 0.3) is 0 Å². The quantitative estimate of drug-likeness (QED) is 0.666. The SMILES string of the molecule is CCn1cc(S(=O)(=O)c2ccc(OC)c(N3CCNCC3)c2)c2cc(Cl)ccc21. The van der Waals surface area contributed by atoms with E-state index in [2.05, 4.69) is 10.2 Å². The van der Waals surface area contributed by atoms with Crippen LogP contribution in [0, 0.1) is 0 Å². The molecule has 1 aliphatic rings. The van der Waals surface area contributed by atoms with Crippen LogP contribution in [0.25, 0.3) is 10.9 Å². The van der Waals surface area contributed by atoms with Gasteiger partial charge in [-0.1, -0.05) is 11.6 Å². The molecule has 0 radical (unpaired) electrons. The van der Waals surface area contributed by atoms with Gasteiger partial charge in [-0.3, -0.25) is 0 Å². The third-order valence-corrected chi connectivity index (χ3v) is 7.37. The molecule has 0 unspecified atom stereocenters. The van der Waals surface area contributed by atoms with Gasteiger partial charge < -0.3 is 19.5 Å². The monoisotopic (exact) mass is 433 g/mol. The molecule has 1 aromatic heterocycles. The van der Waals surface area contributed by atoms with Crippen molar-refractivity contribution >= 4 is 38.0 Å². The molecule has 1 saturated heterocycles. The Morgan fingerprint density at radius 1 is 1.14 bits per heavy atom. The molecule has 0 spiro atoms. The number of benzene rings is 2. The van der Waals surface area contributed by atoms with E-state index < -0.39 is 9.84 Å². The molecule has 3 aromatic rings. The molecule has 0 amide bonds. The normalized spacial score (nSPS) is 15.1. The Labute approximate surface area is 175 Å². The number of ether oxygens (including phenoxy) is 1. The lowest BCUT2D eigenvalue weighted by Gasteiger charge is -2.30. The average molecular weight is 434 g/mol. The van der Waals surface area contributed by atoms with Gasteiger partial charge in [0.2, 0.25) is 9.84 Å². The molecule has 8 heteroatoms. The summed E-state index contributed by atoms with van der Waals surface area (Å²) in [5, 5.41) is 4.46. The molecule has 2 aromatic carbocycles. The zero-order valence-corrected chi connectivity index (χ0v) is 18.1. The standard InChI is InChI=1S/C21H24ClN3O3S/c1-3-24-14-21(17-12-15(22)4-6-18(17)24)29(26,27)16-5-7-20(28-2)19(13-16)25-10-8-23-9-11-25/h4-7,12-14,23H,3,8-11H2,1-2H3. The van der Waals surface area contributed by atoms with Crippen molar-refractivity contribution in [3.05, 3.63) is 47.6 Å². The Kier molecular flexibility index (Phi) is 5.46. The van der Waals surface area contributed by atoms with Crippen molar-refractivity contribution in [1.82, 2.24) is 9.88 Å². The number of piperazine rings is 1. The zero-order valence-electron chi connectivity index (χ0n) is 16.5. The maximum Gasteiger partial charge on any atom is 0.208 e. The first-order chi connectivity index (χ1) is 14.0. The van der Waals surface area contributed by atoms with Gasteiger partial charge >= 0.3 is 0 Å². The largest absolute Gasteiger partial charge is 0.495 e. The Hall–Kier alpha value is -2.22. The van der Waals surface area contributed by atoms with Crippen molar-refractivity contribution in [3.8, 4) is 5.75 Å². The highest BCUT2D eigenvalue weighted by Gasteiger charge is 2.26. The van der Waals surface area contributed by atoms with Gasteiger partial charge in [0.15, 0.2) is 0 Å². The van der Waals surface area contributed by atoms with Gasteiger partial charge in [-0.05, 0) is 43.3 Å². The minimum atomic E-state index is -3.74. The first kappa shape index (κ1) is 20.1. The topological polar surface area (TPSA) is 63.6 Å². The number of anilines is 1. The van der Waals surface area contributed by atoms with Gasteiger partial charge in [0.1, 0.15) is 5.75 Å². The molecule has 0 saturated carbocycles. The van der Waals surface area contributed by atoms with Crippen molar-refractivity contribution in [3.63, 3.8) is 0 Å². The summed E-state index contributed by atoms with van der Waals surface area (Å²) >= 11 is 6.17. The molecule has 6 nitrogen and oxygen atoms in total. The molecular formula is C21H24ClN3O3S. The molecule has 2 heterocycles. The fourth-order valence-electron chi connectivity index (χ4n) is 3.83. The Bertz CT molecular complexity index is 1150. The van der Waals surface area contributed by atoms with E-state index >= 15 is 0 Å². The third kappa shape index (κ3) is 3.58. The van der Waals surface area contributed by atoms with Crippen LogP contribution in [-0.4, -0.2) is 46.3 Å². The fraction of sp³-hybridized carbons (Fsp3) is 0.333. The summed E-state index contributed by atoms with van der Waals surface area (Å²) in [6.07, 6.45) is 1.70. The van der Waals surface area contributed by atoms with E-state index in [-0.39, 0.29) is 9.79 Å². The second kappa shape index (κ2) is 7.89. The zero-order chi connectivity index (χ0) is 20.6. The Morgan fingerprint density at radius 3 is 2.59 bits per heavy atom. The summed E-state index contributed by atoms with van der Waals surface area (Å²) in [6, 6.07) is 10.4. The molecule has 0 atom stereocenters. The summed E-state index contributed by atoms with van der Waals surface area (Å²) in [6.45, 7) is 5.95. The number of methoxy groups -OCH3 is 1. The minimum Gasteiger partial charge on any atom is -0.495 e. The summed E-state index contributed by atoms with van der Waals surface area (Å²) < 4.78 is 34.6. The second-order valence-electron chi connectivity index (χ2n) is 7.01. The highest BCUT2D eigenvalue weighted by atomic mass is 35.5. The highest BCUT2D eigenvalue weighted by molar-refractivity contribution is 7.91. The van der Waals surface area contributed by atoms with Gasteiger partial charge in [0.05, 0.1) is 22.6 Å². The lowest BCUT2D eigenvalue weighted by molar-refractivity contribution is 0.412. The highest BCUT2D eigenvalue weighted by Crippen LogP contribution is 2.36. The van der Waals surface area contributed by atoms with Gasteiger partial charge in [0, 0.05) is 54.8 Å². The van der Waals surface area contributed by atoms with E-state index in [1.807, 2.05) is 17.6 Å². The van der Waals surface area contributed by atoms with Crippen LogP contribution in [0.15, 0.2) is 52.4 Å². The maximum absolute atomic E-state index is 13.6. The summed E-state index contributed by atoms with van der Waals surface area (Å²) in [5.41, 5.74) is 1.65. The molecule has 154 valence electrons. The van der Waals surface area contributed by atoms with Crippen molar-refractivity contribution in [2.45, 2.75) is 23.3 Å². The number of nitrogens with one attached hydrogen (secondary N) is 1. The predicted molar refractivity (Wildman–Crippen MR) is 116 cm³/mol. The molecule has 0 aliphatic carbocycles. The predicted octanol–water partition coefficient (Wildman–Crippen LogP) is 3.57. The molecule has 4 rings (SSSR count). The summed E-state index contributed by atoms with van der Waals surface area (Å²) in [5.74, 6) is 0.671. The van der Waals surface area contributed by atoms with Crippen molar-refractivity contribution < 1.29 is 13.2 Å². The van der Waals surface area contributed by atoms with E-state index in [9.17, 15) is 8.42 Å². The number of aryl methyl sites for hydroxylation is 1. The fourth-order valence-corrected chi connectivity index (χ4v) is 5.49. The van der Waals surface area contributed by atoms with Crippen LogP contribution < -0.4 is 15.0 Å². The van der Waals surface area contributed by atoms with Gasteiger partial charge in [-0.2, -0.15) is 0 Å². The number of halogens is 1. The van der Waals surface area contributed by atoms with Crippen LogP contribution in [0.2, 0.25) is 5.02 Å². The number of hydrogen-bond acceptors (Lipinski definition) is 5. The molecule has 1 N–H and O–H groups in total. The van der Waals surface area contributed by atoms with Crippen LogP contribution in [0.4, 0.5) is 5.69 Å². The van der Waals surface area contributed by atoms with E-state index in [0.29, 0.717) is 22.7 Å². The van der Waals surface area contributed by atoms with Crippen molar-refractivity contribution in [2.24, 2.45) is 0 Å². The summed E-state index contributed by atoms with van der Waals surface area (Å²) in [4.78, 5) is 2.68. The lowest BCUT2D eigenvalue weighted by atomic mass is 10.2. The van der Waals surface area contributed by atoms with E-state index in [0.717, 1.165) is 37.4 Å². The number of nitrogens with zero attached hydrogens (tertiary/aromatic N) is 2. The third-order valence-electron chi connectivity index (χ3n) is 5.36. The van der Waals surface area contributed by atoms with Crippen LogP contribution in [0.3, 0.4) is 0 Å². The Morgan fingerprint density at radius 2 is 1.90 bits per heavy atom. The van der Waals surface area contributed by atoms with Crippen LogP contribution >= 0.6 is 11.6 Å². The molecule has 1 aliphatic heterocycles. The van der Waals surface area contributed by atoms with Crippen molar-refractivity contribution in [1.29, 1.82) is 0 Å². The molecule has 0 bridgehead atoms. The van der Waals surface area contributed by atoms with E-state index in [1.54, 1.807) is 43.6 Å². The van der Waals surface area contributed by atoms with Crippen LogP contribution in [-0.2, 0) is 16.4 Å². The van der Waals surface area contributed by atoms with E-state index in [4.69, 9.17) is 16.3 Å². The Balaban J connectivity index is 1.86. The molecule has 1 fully saturated rings. The number of aromatic nitrogens is 1. The first-order valence-corrected chi connectivity index (χ1v) is 11.5. The summed E-state index contributed by atoms with van der Waals surface area (Å²) in [7, 11) is -2.13.